The van der Waals surface area contributed by atoms with Crippen molar-refractivity contribution in [3.05, 3.63) is 48.5 Å². The van der Waals surface area contributed by atoms with E-state index < -0.39 is 16.1 Å². The van der Waals surface area contributed by atoms with E-state index in [0.717, 1.165) is 16.2 Å². The molecule has 0 saturated carbocycles. The van der Waals surface area contributed by atoms with Gasteiger partial charge in [0.05, 0.1) is 26.2 Å². The van der Waals surface area contributed by atoms with Crippen LogP contribution in [0.3, 0.4) is 0 Å². The van der Waals surface area contributed by atoms with Crippen molar-refractivity contribution in [1.29, 1.82) is 0 Å². The minimum Gasteiger partial charge on any atom is -0.497 e. The first-order chi connectivity index (χ1) is 14.8. The van der Waals surface area contributed by atoms with E-state index in [1.54, 1.807) is 30.0 Å². The monoisotopic (exact) mass is 447 g/mol. The Labute approximate surface area is 184 Å². The standard InChI is InChI=1S/C22H29N3O5S/c1-17(22(26)24-14-12-23(13-15-24)18-8-6-5-7-9-18)25(31(4,27)28)20-16-19(29-2)10-11-21(20)30-3/h5-11,16-17H,12-15H2,1-4H3/t17-/m0/s1. The van der Waals surface area contributed by atoms with Gasteiger partial charge in [-0.1, -0.05) is 18.2 Å². The van der Waals surface area contributed by atoms with Gasteiger partial charge in [-0.3, -0.25) is 9.10 Å². The fraction of sp³-hybridized carbons (Fsp3) is 0.409. The molecule has 1 saturated heterocycles. The maximum atomic E-state index is 13.3. The molecule has 1 amide bonds. The molecule has 0 N–H and O–H groups in total. The van der Waals surface area contributed by atoms with Gasteiger partial charge in [-0.25, -0.2) is 8.42 Å². The zero-order valence-electron chi connectivity index (χ0n) is 18.3. The summed E-state index contributed by atoms with van der Waals surface area (Å²) >= 11 is 0. The van der Waals surface area contributed by atoms with Gasteiger partial charge in [0.15, 0.2) is 0 Å². The van der Waals surface area contributed by atoms with Crippen LogP contribution in [0.1, 0.15) is 6.92 Å². The third-order valence-corrected chi connectivity index (χ3v) is 6.63. The summed E-state index contributed by atoms with van der Waals surface area (Å²) in [4.78, 5) is 17.2. The predicted octanol–water partition coefficient (Wildman–Crippen LogP) is 2.21. The summed E-state index contributed by atoms with van der Waals surface area (Å²) in [6, 6.07) is 14.0. The molecular weight excluding hydrogens is 418 g/mol. The first-order valence-corrected chi connectivity index (χ1v) is 11.9. The highest BCUT2D eigenvalue weighted by atomic mass is 32.2. The van der Waals surface area contributed by atoms with Crippen LogP contribution in [0.5, 0.6) is 11.5 Å². The fourth-order valence-corrected chi connectivity index (χ4v) is 5.00. The molecule has 2 aromatic rings. The minimum absolute atomic E-state index is 0.247. The van der Waals surface area contributed by atoms with Gasteiger partial charge in [-0.05, 0) is 31.2 Å². The van der Waals surface area contributed by atoms with Gasteiger partial charge in [0.1, 0.15) is 17.5 Å². The van der Waals surface area contributed by atoms with Crippen LogP contribution in [-0.4, -0.2) is 71.9 Å². The quantitative estimate of drug-likeness (QED) is 0.648. The van der Waals surface area contributed by atoms with Crippen LogP contribution in [0.15, 0.2) is 48.5 Å². The van der Waals surface area contributed by atoms with E-state index in [1.807, 2.05) is 30.3 Å². The van der Waals surface area contributed by atoms with Gasteiger partial charge in [0, 0.05) is 37.9 Å². The second kappa shape index (κ2) is 9.47. The molecule has 0 bridgehead atoms. The number of hydrogen-bond acceptors (Lipinski definition) is 6. The van der Waals surface area contributed by atoms with E-state index in [4.69, 9.17) is 9.47 Å². The molecule has 1 aliphatic rings. The summed E-state index contributed by atoms with van der Waals surface area (Å²) in [6.07, 6.45) is 1.09. The number of benzene rings is 2. The molecule has 0 unspecified atom stereocenters. The third-order valence-electron chi connectivity index (χ3n) is 5.40. The topological polar surface area (TPSA) is 79.4 Å². The molecule has 0 spiro atoms. The van der Waals surface area contributed by atoms with Crippen molar-refractivity contribution in [2.75, 3.05) is 55.9 Å². The lowest BCUT2D eigenvalue weighted by Gasteiger charge is -2.39. The molecule has 0 aromatic heterocycles. The molecule has 1 atom stereocenters. The van der Waals surface area contributed by atoms with Crippen molar-refractivity contribution >= 4 is 27.3 Å². The van der Waals surface area contributed by atoms with E-state index >= 15 is 0 Å². The van der Waals surface area contributed by atoms with Gasteiger partial charge in [-0.15, -0.1) is 0 Å². The number of sulfonamides is 1. The Morgan fingerprint density at radius 1 is 1.00 bits per heavy atom. The SMILES string of the molecule is COc1ccc(OC)c(N([C@@H](C)C(=O)N2CCN(c3ccccc3)CC2)S(C)(=O)=O)c1. The number of carbonyl (C=O) groups is 1. The van der Waals surface area contributed by atoms with Crippen LogP contribution in [0, 0.1) is 0 Å². The summed E-state index contributed by atoms with van der Waals surface area (Å²) < 4.78 is 37.2. The van der Waals surface area contributed by atoms with Gasteiger partial charge < -0.3 is 19.3 Å². The maximum Gasteiger partial charge on any atom is 0.246 e. The number of rotatable bonds is 7. The first kappa shape index (κ1) is 22.7. The van der Waals surface area contributed by atoms with Crippen molar-refractivity contribution in [1.82, 2.24) is 4.90 Å². The number of carbonyl (C=O) groups excluding carboxylic acids is 1. The fourth-order valence-electron chi connectivity index (χ4n) is 3.83. The molecule has 8 nitrogen and oxygen atoms in total. The Hall–Kier alpha value is -2.94. The second-order valence-electron chi connectivity index (χ2n) is 7.42. The number of piperazine rings is 1. The van der Waals surface area contributed by atoms with Crippen LogP contribution in [0.4, 0.5) is 11.4 Å². The lowest BCUT2D eigenvalue weighted by molar-refractivity contribution is -0.132. The second-order valence-corrected chi connectivity index (χ2v) is 9.28. The molecule has 1 aliphatic heterocycles. The normalized spacial score (nSPS) is 15.4. The largest absolute Gasteiger partial charge is 0.497 e. The lowest BCUT2D eigenvalue weighted by Crippen LogP contribution is -2.55. The van der Waals surface area contributed by atoms with Crippen molar-refractivity contribution in [2.24, 2.45) is 0 Å². The highest BCUT2D eigenvalue weighted by Crippen LogP contribution is 2.35. The molecule has 1 fully saturated rings. The van der Waals surface area contributed by atoms with E-state index in [1.165, 1.54) is 14.2 Å². The average Bonchev–Trinajstić information content (AvgIpc) is 2.78. The van der Waals surface area contributed by atoms with Crippen LogP contribution in [0.2, 0.25) is 0 Å². The summed E-state index contributed by atoms with van der Waals surface area (Å²) in [7, 11) is -0.816. The van der Waals surface area contributed by atoms with E-state index in [9.17, 15) is 13.2 Å². The zero-order valence-corrected chi connectivity index (χ0v) is 19.1. The molecular formula is C22H29N3O5S. The lowest BCUT2D eigenvalue weighted by atomic mass is 10.2. The van der Waals surface area contributed by atoms with E-state index in [2.05, 4.69) is 4.90 Å². The Balaban J connectivity index is 1.82. The predicted molar refractivity (Wildman–Crippen MR) is 122 cm³/mol. The number of methoxy groups -OCH3 is 2. The van der Waals surface area contributed by atoms with Gasteiger partial charge in [0.25, 0.3) is 0 Å². The summed E-state index contributed by atoms with van der Waals surface area (Å²) in [5, 5.41) is 0. The van der Waals surface area contributed by atoms with Gasteiger partial charge in [-0.2, -0.15) is 0 Å². The summed E-state index contributed by atoms with van der Waals surface area (Å²) in [6.45, 7) is 4.01. The van der Waals surface area contributed by atoms with Crippen molar-refractivity contribution < 1.29 is 22.7 Å². The highest BCUT2D eigenvalue weighted by Gasteiger charge is 2.35. The van der Waals surface area contributed by atoms with Crippen molar-refractivity contribution in [3.8, 4) is 11.5 Å². The summed E-state index contributed by atoms with van der Waals surface area (Å²) in [5.74, 6) is 0.573. The first-order valence-electron chi connectivity index (χ1n) is 10.1. The van der Waals surface area contributed by atoms with Crippen molar-refractivity contribution in [2.45, 2.75) is 13.0 Å². The van der Waals surface area contributed by atoms with Gasteiger partial charge >= 0.3 is 0 Å². The number of hydrogen-bond donors (Lipinski definition) is 0. The number of para-hydroxylation sites is 1. The van der Waals surface area contributed by atoms with Crippen molar-refractivity contribution in [3.63, 3.8) is 0 Å². The van der Waals surface area contributed by atoms with Crippen LogP contribution < -0.4 is 18.7 Å². The van der Waals surface area contributed by atoms with Gasteiger partial charge in [0.2, 0.25) is 15.9 Å². The molecule has 31 heavy (non-hydrogen) atoms. The van der Waals surface area contributed by atoms with Crippen LogP contribution in [0.25, 0.3) is 0 Å². The zero-order chi connectivity index (χ0) is 22.6. The molecule has 0 radical (unpaired) electrons. The average molecular weight is 448 g/mol. The molecule has 9 heteroatoms. The van der Waals surface area contributed by atoms with Crippen LogP contribution >= 0.6 is 0 Å². The number of amides is 1. The maximum absolute atomic E-state index is 13.3. The summed E-state index contributed by atoms with van der Waals surface area (Å²) in [5.41, 5.74) is 1.38. The Morgan fingerprint density at radius 3 is 2.19 bits per heavy atom. The Morgan fingerprint density at radius 2 is 1.65 bits per heavy atom. The molecule has 3 rings (SSSR count). The molecule has 2 aromatic carbocycles. The Kier molecular flexibility index (Phi) is 6.94. The molecule has 0 aliphatic carbocycles. The van der Waals surface area contributed by atoms with E-state index in [0.29, 0.717) is 37.7 Å². The Bertz CT molecular complexity index is 1010. The van der Waals surface area contributed by atoms with E-state index in [-0.39, 0.29) is 11.6 Å². The number of anilines is 2. The highest BCUT2D eigenvalue weighted by molar-refractivity contribution is 7.92. The number of nitrogens with zero attached hydrogens (tertiary/aromatic N) is 3. The number of ether oxygens (including phenoxy) is 2. The van der Waals surface area contributed by atoms with Crippen LogP contribution in [-0.2, 0) is 14.8 Å². The minimum atomic E-state index is -3.77. The molecule has 168 valence electrons. The third kappa shape index (κ3) is 5.04. The smallest absolute Gasteiger partial charge is 0.246 e. The molecule has 1 heterocycles.